The maximum atomic E-state index is 12.0. The van der Waals surface area contributed by atoms with Crippen molar-refractivity contribution < 1.29 is 9.00 Å². The zero-order chi connectivity index (χ0) is 13.2. The monoisotopic (exact) mass is 268 g/mol. The lowest BCUT2D eigenvalue weighted by Crippen LogP contribution is -2.51. The number of hydrogen-bond acceptors (Lipinski definition) is 3. The number of anilines is 1. The van der Waals surface area contributed by atoms with Crippen LogP contribution in [0.15, 0.2) is 24.3 Å². The second-order valence-corrected chi connectivity index (χ2v) is 7.49. The molecule has 0 amide bonds. The zero-order valence-electron chi connectivity index (χ0n) is 10.9. The van der Waals surface area contributed by atoms with E-state index in [-0.39, 0.29) is 0 Å². The SMILES string of the molecule is Cc1ccc(N2CCN([SH](C)(=O)C=O)CC2)cc1. The molecule has 0 spiro atoms. The van der Waals surface area contributed by atoms with Gasteiger partial charge in [0, 0.05) is 38.1 Å². The first-order chi connectivity index (χ1) is 8.53. The lowest BCUT2D eigenvalue weighted by atomic mass is 10.2. The molecule has 1 fully saturated rings. The highest BCUT2D eigenvalue weighted by atomic mass is 32.3. The van der Waals surface area contributed by atoms with Gasteiger partial charge in [-0.25, -0.2) is 4.31 Å². The minimum atomic E-state index is -2.75. The van der Waals surface area contributed by atoms with Crippen molar-refractivity contribution in [2.45, 2.75) is 6.92 Å². The van der Waals surface area contributed by atoms with Gasteiger partial charge in [0.2, 0.25) is 0 Å². The molecule has 1 aromatic carbocycles. The van der Waals surface area contributed by atoms with E-state index in [4.69, 9.17) is 0 Å². The molecule has 0 aliphatic carbocycles. The Bertz CT molecular complexity index is 464. The Hall–Kier alpha value is -1.20. The Kier molecular flexibility index (Phi) is 3.82. The van der Waals surface area contributed by atoms with E-state index in [0.717, 1.165) is 13.1 Å². The number of hydrogen-bond donors (Lipinski definition) is 1. The molecule has 18 heavy (non-hydrogen) atoms. The number of piperazine rings is 1. The molecule has 5 heteroatoms. The second kappa shape index (κ2) is 5.20. The van der Waals surface area contributed by atoms with E-state index in [2.05, 4.69) is 36.1 Å². The first-order valence-corrected chi connectivity index (χ1v) is 8.31. The summed E-state index contributed by atoms with van der Waals surface area (Å²) in [5.74, 6) is 0. The van der Waals surface area contributed by atoms with Gasteiger partial charge in [0.25, 0.3) is 0 Å². The van der Waals surface area contributed by atoms with Crippen molar-refractivity contribution in [2.75, 3.05) is 37.3 Å². The van der Waals surface area contributed by atoms with Crippen molar-refractivity contribution in [3.8, 4) is 0 Å². The van der Waals surface area contributed by atoms with Crippen molar-refractivity contribution in [3.63, 3.8) is 0 Å². The van der Waals surface area contributed by atoms with Crippen LogP contribution in [-0.4, -0.2) is 46.6 Å². The Morgan fingerprint density at radius 2 is 1.67 bits per heavy atom. The molecule has 0 N–H and O–H groups in total. The number of carbonyl (C=O) groups excluding carboxylic acids is 1. The minimum absolute atomic E-state index is 0.606. The second-order valence-electron chi connectivity index (χ2n) is 4.82. The summed E-state index contributed by atoms with van der Waals surface area (Å²) in [5, 5.41) is 0. The van der Waals surface area contributed by atoms with Crippen LogP contribution in [0.1, 0.15) is 5.56 Å². The molecule has 100 valence electrons. The van der Waals surface area contributed by atoms with Gasteiger partial charge in [-0.05, 0) is 29.2 Å². The summed E-state index contributed by atoms with van der Waals surface area (Å²) in [6.07, 6.45) is 1.54. The molecule has 4 nitrogen and oxygen atoms in total. The smallest absolute Gasteiger partial charge is 0.194 e. The van der Waals surface area contributed by atoms with Crippen molar-refractivity contribution in [1.29, 1.82) is 0 Å². The van der Waals surface area contributed by atoms with Gasteiger partial charge in [-0.1, -0.05) is 17.7 Å². The standard InChI is InChI=1S/C13H20N2O2S/c1-12-3-5-13(6-4-12)14-7-9-15(10-8-14)18(2,17)11-16/h3-6,11,18H,7-10H2,1-2H3. The normalized spacial score (nSPS) is 18.7. The summed E-state index contributed by atoms with van der Waals surface area (Å²) in [7, 11) is -2.75. The van der Waals surface area contributed by atoms with E-state index >= 15 is 0 Å². The fraction of sp³-hybridized carbons (Fsp3) is 0.462. The van der Waals surface area contributed by atoms with Gasteiger partial charge in [0.05, 0.1) is 0 Å². The first-order valence-electron chi connectivity index (χ1n) is 6.13. The van der Waals surface area contributed by atoms with Crippen molar-refractivity contribution in [2.24, 2.45) is 0 Å². The topological polar surface area (TPSA) is 40.6 Å². The van der Waals surface area contributed by atoms with Gasteiger partial charge in [-0.2, -0.15) is 0 Å². The van der Waals surface area contributed by atoms with Gasteiger partial charge in [-0.3, -0.25) is 9.00 Å². The Balaban J connectivity index is 2.00. The molecule has 0 unspecified atom stereocenters. The predicted molar refractivity (Wildman–Crippen MR) is 77.2 cm³/mol. The van der Waals surface area contributed by atoms with Gasteiger partial charge < -0.3 is 4.90 Å². The number of benzene rings is 1. The fourth-order valence-electron chi connectivity index (χ4n) is 2.17. The first kappa shape index (κ1) is 13.2. The highest BCUT2D eigenvalue weighted by Gasteiger charge is 2.24. The van der Waals surface area contributed by atoms with Gasteiger partial charge in [-0.15, -0.1) is 0 Å². The summed E-state index contributed by atoms with van der Waals surface area (Å²) in [6, 6.07) is 8.40. The third-order valence-electron chi connectivity index (χ3n) is 3.41. The molecule has 0 atom stereocenters. The quantitative estimate of drug-likeness (QED) is 0.653. The summed E-state index contributed by atoms with van der Waals surface area (Å²) >= 11 is 0. The molecule has 1 heterocycles. The number of nitrogens with zero attached hydrogens (tertiary/aromatic N) is 2. The number of aryl methyl sites for hydroxylation is 1. The molecule has 1 aromatic rings. The maximum Gasteiger partial charge on any atom is 0.194 e. The zero-order valence-corrected chi connectivity index (χ0v) is 11.8. The number of thiol groups is 1. The average molecular weight is 268 g/mol. The third kappa shape index (κ3) is 2.79. The van der Waals surface area contributed by atoms with Crippen molar-refractivity contribution >= 4 is 21.4 Å². The average Bonchev–Trinajstić information content (AvgIpc) is 2.40. The summed E-state index contributed by atoms with van der Waals surface area (Å²) in [6.45, 7) is 5.06. The van der Waals surface area contributed by atoms with E-state index < -0.39 is 10.1 Å². The van der Waals surface area contributed by atoms with Crippen LogP contribution in [0.2, 0.25) is 0 Å². The fourth-order valence-corrected chi connectivity index (χ4v) is 3.28. The van der Waals surface area contributed by atoms with E-state index in [9.17, 15) is 9.00 Å². The Morgan fingerprint density at radius 1 is 1.11 bits per heavy atom. The van der Waals surface area contributed by atoms with Crippen LogP contribution in [0.3, 0.4) is 0 Å². The predicted octanol–water partition coefficient (Wildman–Crippen LogP) is 0.869. The summed E-state index contributed by atoms with van der Waals surface area (Å²) in [5.41, 5.74) is 3.04. The largest absolute Gasteiger partial charge is 0.369 e. The Morgan fingerprint density at radius 3 is 2.17 bits per heavy atom. The van der Waals surface area contributed by atoms with E-state index in [1.54, 1.807) is 6.26 Å². The van der Waals surface area contributed by atoms with Crippen molar-refractivity contribution in [1.82, 2.24) is 4.31 Å². The molecule has 1 saturated heterocycles. The molecule has 0 bridgehead atoms. The third-order valence-corrected chi connectivity index (χ3v) is 5.33. The minimum Gasteiger partial charge on any atom is -0.369 e. The van der Waals surface area contributed by atoms with E-state index in [1.807, 2.05) is 4.31 Å². The number of carbonyl (C=O) groups is 1. The summed E-state index contributed by atoms with van der Waals surface area (Å²) < 4.78 is 13.8. The van der Waals surface area contributed by atoms with Crippen molar-refractivity contribution in [3.05, 3.63) is 29.8 Å². The van der Waals surface area contributed by atoms with Crippen LogP contribution in [0.4, 0.5) is 5.69 Å². The summed E-state index contributed by atoms with van der Waals surface area (Å²) in [4.78, 5) is 13.1. The molecule has 0 saturated carbocycles. The van der Waals surface area contributed by atoms with Crippen LogP contribution in [0.5, 0.6) is 0 Å². The van der Waals surface area contributed by atoms with Crippen LogP contribution in [0.25, 0.3) is 0 Å². The lowest BCUT2D eigenvalue weighted by molar-refractivity contribution is 0.406. The van der Waals surface area contributed by atoms with Gasteiger partial charge in [0.1, 0.15) is 0 Å². The molecule has 1 aliphatic heterocycles. The van der Waals surface area contributed by atoms with Crippen LogP contribution in [0, 0.1) is 6.92 Å². The molecule has 1 aliphatic rings. The maximum absolute atomic E-state index is 12.0. The van der Waals surface area contributed by atoms with E-state index in [1.165, 1.54) is 11.3 Å². The van der Waals surface area contributed by atoms with Gasteiger partial charge >= 0.3 is 0 Å². The molecule has 2 rings (SSSR count). The highest BCUT2D eigenvalue weighted by molar-refractivity contribution is 8.12. The highest BCUT2D eigenvalue weighted by Crippen LogP contribution is 2.18. The van der Waals surface area contributed by atoms with Gasteiger partial charge in [0.15, 0.2) is 5.62 Å². The number of rotatable bonds is 3. The van der Waals surface area contributed by atoms with Crippen LogP contribution < -0.4 is 4.90 Å². The van der Waals surface area contributed by atoms with Crippen LogP contribution in [-0.2, 0) is 14.9 Å². The lowest BCUT2D eigenvalue weighted by Gasteiger charge is -2.39. The van der Waals surface area contributed by atoms with Crippen LogP contribution >= 0.6 is 0 Å². The molecular weight excluding hydrogens is 248 g/mol. The van der Waals surface area contributed by atoms with E-state index in [0.29, 0.717) is 18.7 Å². The molecular formula is C13H20N2O2S. The molecule has 0 aromatic heterocycles. The molecule has 0 radical (unpaired) electrons. The Labute approximate surface area is 109 Å².